The highest BCUT2D eigenvalue weighted by atomic mass is 32.1. The molecule has 3 aromatic rings. The molecule has 5 nitrogen and oxygen atoms in total. The maximum Gasteiger partial charge on any atom is 0.214 e. The molecule has 0 saturated heterocycles. The van der Waals surface area contributed by atoms with Gasteiger partial charge in [0, 0.05) is 11.6 Å². The van der Waals surface area contributed by atoms with Crippen molar-refractivity contribution in [3.05, 3.63) is 36.5 Å². The Bertz CT molecular complexity index is 727. The highest BCUT2D eigenvalue weighted by Gasteiger charge is 2.20. The summed E-state index contributed by atoms with van der Waals surface area (Å²) in [5.74, 6) is 0. The first-order chi connectivity index (χ1) is 10.8. The van der Waals surface area contributed by atoms with E-state index in [2.05, 4.69) is 27.5 Å². The topological polar surface area (TPSA) is 62.5 Å². The third-order valence-electron chi connectivity index (χ3n) is 4.14. The number of fused-ring (bicyclic) bond motifs is 1. The van der Waals surface area contributed by atoms with Crippen molar-refractivity contribution in [2.24, 2.45) is 0 Å². The molecule has 1 aliphatic rings. The van der Waals surface area contributed by atoms with Crippen LogP contribution in [-0.2, 0) is 0 Å². The molecule has 2 aromatic heterocycles. The van der Waals surface area contributed by atoms with Crippen LogP contribution >= 0.6 is 11.3 Å². The van der Waals surface area contributed by atoms with Gasteiger partial charge in [-0.1, -0.05) is 41.7 Å². The number of benzene rings is 1. The van der Waals surface area contributed by atoms with Crippen molar-refractivity contribution < 1.29 is 5.11 Å². The summed E-state index contributed by atoms with van der Waals surface area (Å²) in [7, 11) is 0. The Hall–Kier alpha value is -1.92. The third-order valence-corrected chi connectivity index (χ3v) is 4.99. The maximum absolute atomic E-state index is 9.56. The van der Waals surface area contributed by atoms with E-state index in [9.17, 15) is 5.11 Å². The minimum absolute atomic E-state index is 0.125. The molecule has 22 heavy (non-hydrogen) atoms. The molecule has 0 amide bonds. The molecular weight excluding hydrogens is 296 g/mol. The first-order valence-corrected chi connectivity index (χ1v) is 8.46. The third kappa shape index (κ3) is 2.71. The van der Waals surface area contributed by atoms with Crippen LogP contribution < -0.4 is 5.32 Å². The fraction of sp³-hybridized carbons (Fsp3) is 0.375. The molecule has 2 N–H and O–H groups in total. The fourth-order valence-corrected chi connectivity index (χ4v) is 3.76. The second-order valence-corrected chi connectivity index (χ2v) is 6.73. The first kappa shape index (κ1) is 13.7. The van der Waals surface area contributed by atoms with E-state index in [1.54, 1.807) is 11.3 Å². The van der Waals surface area contributed by atoms with E-state index in [-0.39, 0.29) is 6.10 Å². The number of imidazole rings is 1. The Kier molecular flexibility index (Phi) is 3.56. The van der Waals surface area contributed by atoms with Gasteiger partial charge in [0.25, 0.3) is 0 Å². The average Bonchev–Trinajstić information content (AvgIpc) is 3.09. The van der Waals surface area contributed by atoms with E-state index in [1.807, 2.05) is 28.9 Å². The van der Waals surface area contributed by atoms with Crippen LogP contribution in [0.15, 0.2) is 36.5 Å². The minimum Gasteiger partial charge on any atom is -0.393 e. The molecule has 0 atom stereocenters. The summed E-state index contributed by atoms with van der Waals surface area (Å²) >= 11 is 1.57. The van der Waals surface area contributed by atoms with E-state index < -0.39 is 0 Å². The van der Waals surface area contributed by atoms with Crippen LogP contribution in [0.2, 0.25) is 0 Å². The van der Waals surface area contributed by atoms with E-state index in [4.69, 9.17) is 0 Å². The van der Waals surface area contributed by atoms with Crippen molar-refractivity contribution in [2.75, 3.05) is 5.32 Å². The predicted octanol–water partition coefficient (Wildman–Crippen LogP) is 3.17. The van der Waals surface area contributed by atoms with Gasteiger partial charge >= 0.3 is 0 Å². The quantitative estimate of drug-likeness (QED) is 0.779. The van der Waals surface area contributed by atoms with E-state index >= 15 is 0 Å². The summed E-state index contributed by atoms with van der Waals surface area (Å²) in [6, 6.07) is 10.6. The van der Waals surface area contributed by atoms with Crippen molar-refractivity contribution in [1.29, 1.82) is 0 Å². The second-order valence-electron chi connectivity index (χ2n) is 5.78. The zero-order valence-corrected chi connectivity index (χ0v) is 13.0. The van der Waals surface area contributed by atoms with Gasteiger partial charge < -0.3 is 10.4 Å². The average molecular weight is 314 g/mol. The van der Waals surface area contributed by atoms with Crippen LogP contribution in [0.4, 0.5) is 5.13 Å². The van der Waals surface area contributed by atoms with Gasteiger partial charge in [0.2, 0.25) is 10.1 Å². The number of nitrogens with one attached hydrogen (secondary N) is 1. The number of hydrogen-bond acceptors (Lipinski definition) is 5. The first-order valence-electron chi connectivity index (χ1n) is 7.64. The van der Waals surface area contributed by atoms with Crippen LogP contribution in [0, 0.1) is 0 Å². The monoisotopic (exact) mass is 314 g/mol. The molecule has 1 saturated carbocycles. The minimum atomic E-state index is -0.125. The second kappa shape index (κ2) is 5.70. The molecule has 0 radical (unpaired) electrons. The Morgan fingerprint density at radius 2 is 1.91 bits per heavy atom. The van der Waals surface area contributed by atoms with Crippen LogP contribution in [0.3, 0.4) is 0 Å². The van der Waals surface area contributed by atoms with Gasteiger partial charge in [-0.3, -0.25) is 0 Å². The molecule has 0 spiro atoms. The van der Waals surface area contributed by atoms with Crippen molar-refractivity contribution in [1.82, 2.24) is 14.6 Å². The number of nitrogens with zero attached hydrogens (tertiary/aromatic N) is 3. The summed E-state index contributed by atoms with van der Waals surface area (Å²) in [5.41, 5.74) is 2.06. The van der Waals surface area contributed by atoms with Crippen molar-refractivity contribution in [3.8, 4) is 11.3 Å². The molecular formula is C16H18N4OS. The van der Waals surface area contributed by atoms with Gasteiger partial charge in [-0.2, -0.15) is 0 Å². The summed E-state index contributed by atoms with van der Waals surface area (Å²) in [6.45, 7) is 0. The summed E-state index contributed by atoms with van der Waals surface area (Å²) in [5, 5.41) is 18.5. The number of aliphatic hydroxyl groups excluding tert-OH is 1. The Morgan fingerprint density at radius 3 is 2.64 bits per heavy atom. The molecule has 2 heterocycles. The molecule has 1 fully saturated rings. The number of hydrogen-bond donors (Lipinski definition) is 2. The van der Waals surface area contributed by atoms with E-state index in [0.717, 1.165) is 47.0 Å². The number of aliphatic hydroxyl groups is 1. The SMILES string of the molecule is OC1CCC(Nc2nn3cc(-c4ccccc4)nc3s2)CC1. The van der Waals surface area contributed by atoms with Crippen LogP contribution in [0.1, 0.15) is 25.7 Å². The molecule has 6 heteroatoms. The molecule has 0 unspecified atom stereocenters. The smallest absolute Gasteiger partial charge is 0.214 e. The van der Waals surface area contributed by atoms with Crippen molar-refractivity contribution in [3.63, 3.8) is 0 Å². The Morgan fingerprint density at radius 1 is 1.14 bits per heavy atom. The lowest BCUT2D eigenvalue weighted by Crippen LogP contribution is -2.28. The summed E-state index contributed by atoms with van der Waals surface area (Å²) < 4.78 is 1.84. The van der Waals surface area contributed by atoms with Crippen LogP contribution in [0.5, 0.6) is 0 Å². The van der Waals surface area contributed by atoms with E-state index in [1.165, 1.54) is 0 Å². The van der Waals surface area contributed by atoms with Crippen molar-refractivity contribution in [2.45, 2.75) is 37.8 Å². The van der Waals surface area contributed by atoms with Gasteiger partial charge in [0.15, 0.2) is 0 Å². The fourth-order valence-electron chi connectivity index (χ4n) is 2.90. The van der Waals surface area contributed by atoms with E-state index in [0.29, 0.717) is 6.04 Å². The molecule has 1 aliphatic carbocycles. The molecule has 114 valence electrons. The molecule has 1 aromatic carbocycles. The molecule has 0 aliphatic heterocycles. The number of anilines is 1. The van der Waals surface area contributed by atoms with Crippen molar-refractivity contribution >= 4 is 21.4 Å². The molecule has 0 bridgehead atoms. The lowest BCUT2D eigenvalue weighted by atomic mass is 9.93. The van der Waals surface area contributed by atoms with Crippen LogP contribution in [-0.4, -0.2) is 31.9 Å². The summed E-state index contributed by atoms with van der Waals surface area (Å²) in [4.78, 5) is 5.55. The lowest BCUT2D eigenvalue weighted by molar-refractivity contribution is 0.126. The summed E-state index contributed by atoms with van der Waals surface area (Å²) in [6.07, 6.45) is 5.59. The highest BCUT2D eigenvalue weighted by molar-refractivity contribution is 7.20. The number of aromatic nitrogens is 3. The van der Waals surface area contributed by atoms with Crippen LogP contribution in [0.25, 0.3) is 16.2 Å². The van der Waals surface area contributed by atoms with Gasteiger partial charge in [-0.25, -0.2) is 9.50 Å². The predicted molar refractivity (Wildman–Crippen MR) is 88.2 cm³/mol. The zero-order chi connectivity index (χ0) is 14.9. The normalized spacial score (nSPS) is 22.0. The van der Waals surface area contributed by atoms with Gasteiger partial charge in [-0.15, -0.1) is 5.10 Å². The maximum atomic E-state index is 9.56. The Balaban J connectivity index is 1.51. The van der Waals surface area contributed by atoms with Gasteiger partial charge in [0.05, 0.1) is 18.0 Å². The lowest BCUT2D eigenvalue weighted by Gasteiger charge is -2.25. The highest BCUT2D eigenvalue weighted by Crippen LogP contribution is 2.27. The van der Waals surface area contributed by atoms with Gasteiger partial charge in [0.1, 0.15) is 0 Å². The standard InChI is InChI=1S/C16H18N4OS/c21-13-8-6-12(7-9-13)17-15-19-20-10-14(18-16(20)22-15)11-4-2-1-3-5-11/h1-5,10,12-13,21H,6-9H2,(H,17,19). The Labute approximate surface area is 132 Å². The molecule has 4 rings (SSSR count). The largest absolute Gasteiger partial charge is 0.393 e. The zero-order valence-electron chi connectivity index (χ0n) is 12.1. The van der Waals surface area contributed by atoms with Gasteiger partial charge in [-0.05, 0) is 25.7 Å². The number of rotatable bonds is 3.